The summed E-state index contributed by atoms with van der Waals surface area (Å²) in [6.07, 6.45) is 0. The number of benzene rings is 2. The molecule has 0 radical (unpaired) electrons. The summed E-state index contributed by atoms with van der Waals surface area (Å²) in [6, 6.07) is 9.20. The molecule has 0 saturated heterocycles. The van der Waals surface area contributed by atoms with Crippen LogP contribution >= 0.6 is 11.6 Å². The topological polar surface area (TPSA) is 69.4 Å². The van der Waals surface area contributed by atoms with Crippen LogP contribution in [0.3, 0.4) is 0 Å². The summed E-state index contributed by atoms with van der Waals surface area (Å²) >= 11 is 5.76. The molecule has 0 aliphatic heterocycles. The van der Waals surface area contributed by atoms with Crippen molar-refractivity contribution in [3.8, 4) is 5.75 Å². The number of hydrogen-bond acceptors (Lipinski definition) is 4. The summed E-state index contributed by atoms with van der Waals surface area (Å²) < 4.78 is 18.5. The van der Waals surface area contributed by atoms with Gasteiger partial charge < -0.3 is 4.74 Å². The van der Waals surface area contributed by atoms with Gasteiger partial charge in [0.25, 0.3) is 5.69 Å². The highest BCUT2D eigenvalue weighted by atomic mass is 35.5. The molecule has 7 heteroatoms. The van der Waals surface area contributed by atoms with Gasteiger partial charge in [0, 0.05) is 17.7 Å². The second-order valence-corrected chi connectivity index (χ2v) is 4.48. The van der Waals surface area contributed by atoms with Crippen molar-refractivity contribution in [1.82, 2.24) is 0 Å². The number of para-hydroxylation sites is 1. The van der Waals surface area contributed by atoms with Crippen LogP contribution in [0.5, 0.6) is 5.75 Å². The van der Waals surface area contributed by atoms with Crippen molar-refractivity contribution in [3.63, 3.8) is 0 Å². The van der Waals surface area contributed by atoms with Crippen LogP contribution in [0.15, 0.2) is 42.5 Å². The Balaban J connectivity index is 2.12. The fraction of sp³-hybridized carbons (Fsp3) is 0.0714. The van der Waals surface area contributed by atoms with Crippen LogP contribution in [0.2, 0.25) is 5.02 Å². The number of ketones is 1. The molecule has 0 unspecified atom stereocenters. The number of nitro benzene ring substituents is 1. The van der Waals surface area contributed by atoms with E-state index in [1.54, 1.807) is 0 Å². The zero-order valence-electron chi connectivity index (χ0n) is 10.6. The van der Waals surface area contributed by atoms with E-state index in [1.165, 1.54) is 30.3 Å². The SMILES string of the molecule is O=C(COc1c(F)cccc1Cl)c1cccc([N+](=O)[O-])c1. The molecule has 2 aromatic carbocycles. The van der Waals surface area contributed by atoms with Gasteiger partial charge in [0.15, 0.2) is 24.0 Å². The fourth-order valence-corrected chi connectivity index (χ4v) is 1.85. The average molecular weight is 310 g/mol. The lowest BCUT2D eigenvalue weighted by Crippen LogP contribution is -2.12. The number of nitrogens with zero attached hydrogens (tertiary/aromatic N) is 1. The Labute approximate surface area is 124 Å². The van der Waals surface area contributed by atoms with Crippen molar-refractivity contribution >= 4 is 23.1 Å². The molecule has 0 aromatic heterocycles. The second kappa shape index (κ2) is 6.32. The minimum absolute atomic E-state index is 0.0434. The highest BCUT2D eigenvalue weighted by molar-refractivity contribution is 6.32. The Morgan fingerprint density at radius 3 is 2.67 bits per heavy atom. The minimum atomic E-state index is -0.686. The summed E-state index contributed by atoms with van der Waals surface area (Å²) in [7, 11) is 0. The van der Waals surface area contributed by atoms with Crippen molar-refractivity contribution in [1.29, 1.82) is 0 Å². The van der Waals surface area contributed by atoms with Gasteiger partial charge in [-0.2, -0.15) is 0 Å². The van der Waals surface area contributed by atoms with E-state index >= 15 is 0 Å². The van der Waals surface area contributed by atoms with Gasteiger partial charge in [-0.3, -0.25) is 14.9 Å². The summed E-state index contributed by atoms with van der Waals surface area (Å²) in [5.41, 5.74) is -0.0959. The Bertz CT molecular complexity index is 685. The smallest absolute Gasteiger partial charge is 0.270 e. The first-order valence-corrected chi connectivity index (χ1v) is 6.21. The maximum atomic E-state index is 13.5. The molecule has 108 valence electrons. The van der Waals surface area contributed by atoms with Crippen molar-refractivity contribution < 1.29 is 18.8 Å². The molecule has 21 heavy (non-hydrogen) atoms. The molecule has 0 bridgehead atoms. The summed E-state index contributed by atoms with van der Waals surface area (Å²) in [4.78, 5) is 21.9. The number of rotatable bonds is 5. The molecule has 0 aliphatic carbocycles. The summed E-state index contributed by atoms with van der Waals surface area (Å²) in [6.45, 7) is -0.470. The second-order valence-electron chi connectivity index (χ2n) is 4.07. The van der Waals surface area contributed by atoms with Crippen LogP contribution in [0.1, 0.15) is 10.4 Å². The molecule has 0 heterocycles. The van der Waals surface area contributed by atoms with Crippen molar-refractivity contribution in [2.75, 3.05) is 6.61 Å². The summed E-state index contributed by atoms with van der Waals surface area (Å²) in [5.74, 6) is -1.43. The molecular weight excluding hydrogens is 301 g/mol. The molecule has 0 fully saturated rings. The van der Waals surface area contributed by atoms with E-state index in [0.29, 0.717) is 0 Å². The van der Waals surface area contributed by atoms with E-state index in [0.717, 1.165) is 12.1 Å². The predicted molar refractivity (Wildman–Crippen MR) is 74.3 cm³/mol. The van der Waals surface area contributed by atoms with Gasteiger partial charge in [-0.1, -0.05) is 29.8 Å². The largest absolute Gasteiger partial charge is 0.481 e. The molecule has 2 rings (SSSR count). The third-order valence-electron chi connectivity index (χ3n) is 2.65. The molecule has 0 N–H and O–H groups in total. The number of halogens is 2. The van der Waals surface area contributed by atoms with Crippen molar-refractivity contribution in [3.05, 3.63) is 69.0 Å². The van der Waals surface area contributed by atoms with Crippen molar-refractivity contribution in [2.24, 2.45) is 0 Å². The number of non-ortho nitro benzene ring substituents is 1. The Morgan fingerprint density at radius 2 is 2.00 bits per heavy atom. The van der Waals surface area contributed by atoms with Gasteiger partial charge >= 0.3 is 0 Å². The highest BCUT2D eigenvalue weighted by Gasteiger charge is 2.14. The van der Waals surface area contributed by atoms with E-state index in [1.807, 2.05) is 0 Å². The molecule has 0 aliphatic rings. The van der Waals surface area contributed by atoms with E-state index in [9.17, 15) is 19.3 Å². The maximum Gasteiger partial charge on any atom is 0.270 e. The first-order valence-electron chi connectivity index (χ1n) is 5.83. The zero-order valence-corrected chi connectivity index (χ0v) is 11.3. The first kappa shape index (κ1) is 14.9. The zero-order chi connectivity index (χ0) is 15.4. The molecule has 5 nitrogen and oxygen atoms in total. The van der Waals surface area contributed by atoms with E-state index < -0.39 is 23.1 Å². The van der Waals surface area contributed by atoms with Gasteiger partial charge in [0.05, 0.1) is 9.95 Å². The number of hydrogen-bond donors (Lipinski definition) is 0. The van der Waals surface area contributed by atoms with Gasteiger partial charge in [-0.25, -0.2) is 4.39 Å². The van der Waals surface area contributed by atoms with Crippen LogP contribution in [-0.4, -0.2) is 17.3 Å². The van der Waals surface area contributed by atoms with Gasteiger partial charge in [0.1, 0.15) is 0 Å². The maximum absolute atomic E-state index is 13.5. The third-order valence-corrected chi connectivity index (χ3v) is 2.94. The molecule has 0 atom stereocenters. The lowest BCUT2D eigenvalue weighted by Gasteiger charge is -2.08. The molecule has 0 amide bonds. The highest BCUT2D eigenvalue weighted by Crippen LogP contribution is 2.27. The van der Waals surface area contributed by atoms with Crippen LogP contribution in [-0.2, 0) is 0 Å². The first-order chi connectivity index (χ1) is 9.99. The number of nitro groups is 1. The lowest BCUT2D eigenvalue weighted by atomic mass is 10.1. The van der Waals surface area contributed by atoms with E-state index in [4.69, 9.17) is 16.3 Å². The Hall–Kier alpha value is -2.47. The van der Waals surface area contributed by atoms with Crippen LogP contribution in [0, 0.1) is 15.9 Å². The number of carbonyl (C=O) groups is 1. The normalized spacial score (nSPS) is 10.2. The quantitative estimate of drug-likeness (QED) is 0.480. The monoisotopic (exact) mass is 309 g/mol. The fourth-order valence-electron chi connectivity index (χ4n) is 1.63. The average Bonchev–Trinajstić information content (AvgIpc) is 2.46. The van der Waals surface area contributed by atoms with E-state index in [-0.39, 0.29) is 22.0 Å². The molecular formula is C14H9ClFNO4. The number of Topliss-reactive ketones (excluding diaryl/α,β-unsaturated/α-hetero) is 1. The Kier molecular flexibility index (Phi) is 4.49. The Morgan fingerprint density at radius 1 is 1.29 bits per heavy atom. The van der Waals surface area contributed by atoms with Gasteiger partial charge in [-0.05, 0) is 12.1 Å². The van der Waals surface area contributed by atoms with Gasteiger partial charge in [-0.15, -0.1) is 0 Å². The van der Waals surface area contributed by atoms with E-state index in [2.05, 4.69) is 0 Å². The van der Waals surface area contributed by atoms with Crippen molar-refractivity contribution in [2.45, 2.75) is 0 Å². The minimum Gasteiger partial charge on any atom is -0.481 e. The van der Waals surface area contributed by atoms with Crippen LogP contribution in [0.25, 0.3) is 0 Å². The number of carbonyl (C=O) groups excluding carboxylic acids is 1. The molecule has 2 aromatic rings. The number of ether oxygens (including phenoxy) is 1. The van der Waals surface area contributed by atoms with Crippen LogP contribution < -0.4 is 4.74 Å². The van der Waals surface area contributed by atoms with Crippen LogP contribution in [0.4, 0.5) is 10.1 Å². The predicted octanol–water partition coefficient (Wildman–Crippen LogP) is 3.65. The third kappa shape index (κ3) is 3.55. The van der Waals surface area contributed by atoms with Gasteiger partial charge in [0.2, 0.25) is 0 Å². The standard InChI is InChI=1S/C14H9ClFNO4/c15-11-5-2-6-12(16)14(11)21-8-13(18)9-3-1-4-10(7-9)17(19)20/h1-7H,8H2. The molecule has 0 spiro atoms. The summed E-state index contributed by atoms with van der Waals surface area (Å²) in [5, 5.41) is 10.7. The lowest BCUT2D eigenvalue weighted by molar-refractivity contribution is -0.384. The molecule has 0 saturated carbocycles.